The lowest BCUT2D eigenvalue weighted by Crippen LogP contribution is -2.29. The Morgan fingerprint density at radius 3 is 3.00 bits per heavy atom. The molecule has 0 unspecified atom stereocenters. The Bertz CT molecular complexity index is 766. The summed E-state index contributed by atoms with van der Waals surface area (Å²) in [4.78, 5) is 16.7. The normalized spacial score (nSPS) is 16.6. The minimum atomic E-state index is -0.414. The third kappa shape index (κ3) is 2.65. The number of hydrogen-bond acceptors (Lipinski definition) is 6. The fraction of sp³-hybridized carbons (Fsp3) is 0.312. The monoisotopic (exact) mass is 314 g/mol. The average molecular weight is 314 g/mol. The highest BCUT2D eigenvalue weighted by molar-refractivity contribution is 5.92. The molecule has 1 aromatic carbocycles. The van der Waals surface area contributed by atoms with Gasteiger partial charge in [0, 0.05) is 5.70 Å². The summed E-state index contributed by atoms with van der Waals surface area (Å²) in [5.41, 5.74) is 2.09. The second kappa shape index (κ2) is 6.12. The maximum Gasteiger partial charge on any atom is 0.338 e. The Kier molecular flexibility index (Phi) is 4.01. The minimum absolute atomic E-state index is 0.310. The van der Waals surface area contributed by atoms with Crippen LogP contribution in [0.5, 0.6) is 5.75 Å². The maximum absolute atomic E-state index is 12.5. The molecule has 1 aliphatic heterocycles. The van der Waals surface area contributed by atoms with Crippen molar-refractivity contribution in [2.75, 3.05) is 19.0 Å². The smallest absolute Gasteiger partial charge is 0.338 e. The van der Waals surface area contributed by atoms with E-state index in [1.165, 1.54) is 6.33 Å². The van der Waals surface area contributed by atoms with Crippen molar-refractivity contribution in [3.8, 4) is 5.75 Å². The van der Waals surface area contributed by atoms with Crippen molar-refractivity contribution in [3.05, 3.63) is 47.4 Å². The summed E-state index contributed by atoms with van der Waals surface area (Å²) in [6.45, 7) is 3.92. The van der Waals surface area contributed by atoms with Crippen LogP contribution in [0.1, 0.15) is 25.5 Å². The van der Waals surface area contributed by atoms with E-state index in [0.29, 0.717) is 29.6 Å². The first-order valence-electron chi connectivity index (χ1n) is 7.34. The molecule has 0 saturated heterocycles. The fourth-order valence-electron chi connectivity index (χ4n) is 2.68. The topological polar surface area (TPSA) is 78.3 Å². The standard InChI is InChI=1S/C16H18N4O3/c1-4-23-15(21)13-10(2)19-16-17-9-18-20(16)14(13)11-6-5-7-12(8-11)22-3/h5-9,14H,4H2,1-3H3,(H,17,18,19)/t14-/m0/s1. The van der Waals surface area contributed by atoms with Crippen molar-refractivity contribution in [2.45, 2.75) is 19.9 Å². The van der Waals surface area contributed by atoms with Gasteiger partial charge < -0.3 is 14.8 Å². The van der Waals surface area contributed by atoms with Crippen LogP contribution in [0.3, 0.4) is 0 Å². The van der Waals surface area contributed by atoms with Gasteiger partial charge in [0.25, 0.3) is 0 Å². The van der Waals surface area contributed by atoms with Gasteiger partial charge in [-0.3, -0.25) is 0 Å². The highest BCUT2D eigenvalue weighted by atomic mass is 16.5. The van der Waals surface area contributed by atoms with E-state index in [-0.39, 0.29) is 5.97 Å². The third-order valence-corrected chi connectivity index (χ3v) is 3.70. The van der Waals surface area contributed by atoms with E-state index in [9.17, 15) is 4.79 Å². The summed E-state index contributed by atoms with van der Waals surface area (Å²) in [5, 5.41) is 7.35. The number of rotatable bonds is 4. The lowest BCUT2D eigenvalue weighted by molar-refractivity contribution is -0.139. The lowest BCUT2D eigenvalue weighted by Gasteiger charge is -2.28. The van der Waals surface area contributed by atoms with Crippen LogP contribution in [-0.4, -0.2) is 34.5 Å². The van der Waals surface area contributed by atoms with E-state index in [1.54, 1.807) is 18.7 Å². The van der Waals surface area contributed by atoms with Crippen molar-refractivity contribution in [3.63, 3.8) is 0 Å². The van der Waals surface area contributed by atoms with Crippen LogP contribution >= 0.6 is 0 Å². The van der Waals surface area contributed by atoms with Crippen molar-refractivity contribution in [1.29, 1.82) is 0 Å². The molecule has 2 heterocycles. The largest absolute Gasteiger partial charge is 0.497 e. The number of allylic oxidation sites excluding steroid dienone is 1. The van der Waals surface area contributed by atoms with E-state index < -0.39 is 6.04 Å². The van der Waals surface area contributed by atoms with E-state index >= 15 is 0 Å². The zero-order chi connectivity index (χ0) is 16.4. The minimum Gasteiger partial charge on any atom is -0.497 e. The molecule has 0 saturated carbocycles. The molecule has 7 heteroatoms. The predicted molar refractivity (Wildman–Crippen MR) is 84.1 cm³/mol. The number of carbonyl (C=O) groups is 1. The fourth-order valence-corrected chi connectivity index (χ4v) is 2.68. The van der Waals surface area contributed by atoms with Gasteiger partial charge in [-0.15, -0.1) is 0 Å². The molecule has 1 N–H and O–H groups in total. The quantitative estimate of drug-likeness (QED) is 0.871. The van der Waals surface area contributed by atoms with Crippen molar-refractivity contribution < 1.29 is 14.3 Å². The molecule has 0 spiro atoms. The molecule has 23 heavy (non-hydrogen) atoms. The molecule has 0 bridgehead atoms. The number of aromatic nitrogens is 3. The van der Waals surface area contributed by atoms with Crippen LogP contribution in [-0.2, 0) is 9.53 Å². The van der Waals surface area contributed by atoms with Gasteiger partial charge in [0.05, 0.1) is 19.3 Å². The van der Waals surface area contributed by atoms with Crippen LogP contribution in [0, 0.1) is 0 Å². The van der Waals surface area contributed by atoms with Gasteiger partial charge in [0.1, 0.15) is 18.1 Å². The van der Waals surface area contributed by atoms with Gasteiger partial charge in [-0.2, -0.15) is 10.1 Å². The molecule has 120 valence electrons. The summed E-state index contributed by atoms with van der Waals surface area (Å²) < 4.78 is 12.2. The second-order valence-electron chi connectivity index (χ2n) is 5.09. The molecule has 3 rings (SSSR count). The second-order valence-corrected chi connectivity index (χ2v) is 5.09. The van der Waals surface area contributed by atoms with Gasteiger partial charge in [-0.05, 0) is 31.5 Å². The number of fused-ring (bicyclic) bond motifs is 1. The molecular weight excluding hydrogens is 296 g/mol. The first kappa shape index (κ1) is 15.1. The van der Waals surface area contributed by atoms with Gasteiger partial charge in [-0.1, -0.05) is 12.1 Å². The Morgan fingerprint density at radius 1 is 1.43 bits per heavy atom. The maximum atomic E-state index is 12.5. The van der Waals surface area contributed by atoms with Crippen molar-refractivity contribution in [2.24, 2.45) is 0 Å². The molecular formula is C16H18N4O3. The van der Waals surface area contributed by atoms with Crippen molar-refractivity contribution >= 4 is 11.9 Å². The highest BCUT2D eigenvalue weighted by Crippen LogP contribution is 2.36. The van der Waals surface area contributed by atoms with E-state index in [1.807, 2.05) is 31.2 Å². The number of benzene rings is 1. The first-order valence-corrected chi connectivity index (χ1v) is 7.34. The van der Waals surface area contributed by atoms with E-state index in [4.69, 9.17) is 9.47 Å². The summed E-state index contributed by atoms with van der Waals surface area (Å²) in [7, 11) is 1.61. The SMILES string of the molecule is CCOC(=O)C1=C(C)Nc2ncnn2[C@H]1c1cccc(OC)c1. The number of anilines is 1. The summed E-state index contributed by atoms with van der Waals surface area (Å²) in [6.07, 6.45) is 1.46. The van der Waals surface area contributed by atoms with Crippen LogP contribution in [0.4, 0.5) is 5.95 Å². The molecule has 0 aliphatic carbocycles. The Labute approximate surface area is 133 Å². The molecule has 0 radical (unpaired) electrons. The molecule has 0 fully saturated rings. The summed E-state index contributed by atoms with van der Waals surface area (Å²) in [5.74, 6) is 0.929. The number of nitrogens with one attached hydrogen (secondary N) is 1. The van der Waals surface area contributed by atoms with Gasteiger partial charge >= 0.3 is 5.97 Å². The van der Waals surface area contributed by atoms with Crippen molar-refractivity contribution in [1.82, 2.24) is 14.8 Å². The van der Waals surface area contributed by atoms with E-state index in [0.717, 1.165) is 5.56 Å². The zero-order valence-electron chi connectivity index (χ0n) is 13.2. The lowest BCUT2D eigenvalue weighted by atomic mass is 9.95. The summed E-state index contributed by atoms with van der Waals surface area (Å²) >= 11 is 0. The average Bonchev–Trinajstić information content (AvgIpc) is 3.01. The molecule has 2 aromatic rings. The van der Waals surface area contributed by atoms with Crippen LogP contribution in [0.2, 0.25) is 0 Å². The Hall–Kier alpha value is -2.83. The van der Waals surface area contributed by atoms with E-state index in [2.05, 4.69) is 15.4 Å². The van der Waals surface area contributed by atoms with Gasteiger partial charge in [0.2, 0.25) is 5.95 Å². The zero-order valence-corrected chi connectivity index (χ0v) is 13.2. The molecule has 7 nitrogen and oxygen atoms in total. The Balaban J connectivity index is 2.14. The first-order chi connectivity index (χ1) is 11.2. The Morgan fingerprint density at radius 2 is 2.26 bits per heavy atom. The number of carbonyl (C=O) groups excluding carboxylic acids is 1. The molecule has 0 amide bonds. The predicted octanol–water partition coefficient (Wildman–Crippen LogP) is 2.14. The number of esters is 1. The molecule has 1 aliphatic rings. The molecule has 1 aromatic heterocycles. The van der Waals surface area contributed by atoms with Gasteiger partial charge in [0.15, 0.2) is 0 Å². The number of methoxy groups -OCH3 is 1. The van der Waals surface area contributed by atoms with Crippen LogP contribution in [0.15, 0.2) is 41.9 Å². The van der Waals surface area contributed by atoms with Crippen LogP contribution in [0.25, 0.3) is 0 Å². The number of ether oxygens (including phenoxy) is 2. The molecule has 1 atom stereocenters. The van der Waals surface area contributed by atoms with Gasteiger partial charge in [-0.25, -0.2) is 9.48 Å². The number of hydrogen-bond donors (Lipinski definition) is 1. The van der Waals surface area contributed by atoms with Crippen LogP contribution < -0.4 is 10.1 Å². The number of nitrogens with zero attached hydrogens (tertiary/aromatic N) is 3. The third-order valence-electron chi connectivity index (χ3n) is 3.70. The summed E-state index contributed by atoms with van der Waals surface area (Å²) in [6, 6.07) is 7.13. The highest BCUT2D eigenvalue weighted by Gasteiger charge is 2.34.